The van der Waals surface area contributed by atoms with Gasteiger partial charge in [-0.1, -0.05) is 6.07 Å². The molecule has 0 atom stereocenters. The lowest BCUT2D eigenvalue weighted by molar-refractivity contribution is -0.136. The van der Waals surface area contributed by atoms with Crippen molar-refractivity contribution in [3.8, 4) is 0 Å². The van der Waals surface area contributed by atoms with Crippen molar-refractivity contribution in [2.45, 2.75) is 13.3 Å². The molecule has 0 aliphatic carbocycles. The van der Waals surface area contributed by atoms with E-state index < -0.39 is 5.97 Å². The van der Waals surface area contributed by atoms with E-state index in [4.69, 9.17) is 9.84 Å². The van der Waals surface area contributed by atoms with E-state index in [1.165, 1.54) is 12.0 Å². The van der Waals surface area contributed by atoms with Crippen LogP contribution in [0.5, 0.6) is 0 Å². The molecule has 0 fully saturated rings. The summed E-state index contributed by atoms with van der Waals surface area (Å²) in [5.74, 6) is -0.837. The Labute approximate surface area is 105 Å². The molecule has 1 heterocycles. The second kappa shape index (κ2) is 6.70. The van der Waals surface area contributed by atoms with Crippen LogP contribution in [-0.2, 0) is 14.3 Å². The number of amides is 1. The van der Waals surface area contributed by atoms with Crippen molar-refractivity contribution in [2.24, 2.45) is 0 Å². The minimum absolute atomic E-state index is 0.0770. The molecular formula is C12H16N2O4. The highest BCUT2D eigenvalue weighted by atomic mass is 16.5. The first-order valence-electron chi connectivity index (χ1n) is 5.48. The number of carboxylic acids is 1. The molecule has 0 aromatic carbocycles. The fourth-order valence-corrected chi connectivity index (χ4v) is 1.40. The summed E-state index contributed by atoms with van der Waals surface area (Å²) >= 11 is 0. The zero-order valence-corrected chi connectivity index (χ0v) is 10.4. The van der Waals surface area contributed by atoms with E-state index in [0.29, 0.717) is 5.82 Å². The van der Waals surface area contributed by atoms with E-state index in [1.807, 2.05) is 13.0 Å². The zero-order valence-electron chi connectivity index (χ0n) is 10.4. The minimum atomic E-state index is -0.961. The fourth-order valence-electron chi connectivity index (χ4n) is 1.40. The van der Waals surface area contributed by atoms with Crippen LogP contribution in [0.15, 0.2) is 18.3 Å². The predicted molar refractivity (Wildman–Crippen MR) is 65.5 cm³/mol. The Balaban J connectivity index is 2.85. The van der Waals surface area contributed by atoms with E-state index in [0.717, 1.165) is 5.56 Å². The summed E-state index contributed by atoms with van der Waals surface area (Å²) in [6.45, 7) is 1.86. The molecule has 98 valence electrons. The summed E-state index contributed by atoms with van der Waals surface area (Å²) in [7, 11) is 1.41. The first-order chi connectivity index (χ1) is 8.54. The summed E-state index contributed by atoms with van der Waals surface area (Å²) in [6.07, 6.45) is 1.49. The molecule has 6 nitrogen and oxygen atoms in total. The van der Waals surface area contributed by atoms with Gasteiger partial charge in [0.1, 0.15) is 12.4 Å². The maximum absolute atomic E-state index is 11.8. The molecule has 1 amide bonds. The van der Waals surface area contributed by atoms with Crippen LogP contribution in [0.3, 0.4) is 0 Å². The third-order valence-corrected chi connectivity index (χ3v) is 2.29. The van der Waals surface area contributed by atoms with Gasteiger partial charge in [0.05, 0.1) is 6.42 Å². The lowest BCUT2D eigenvalue weighted by Gasteiger charge is -2.20. The molecule has 0 saturated heterocycles. The van der Waals surface area contributed by atoms with Crippen molar-refractivity contribution in [2.75, 3.05) is 25.2 Å². The van der Waals surface area contributed by atoms with Crippen LogP contribution in [-0.4, -0.2) is 42.2 Å². The van der Waals surface area contributed by atoms with Crippen LogP contribution in [0.25, 0.3) is 0 Å². The average molecular weight is 252 g/mol. The van der Waals surface area contributed by atoms with Crippen molar-refractivity contribution < 1.29 is 19.4 Å². The minimum Gasteiger partial charge on any atom is -0.481 e. The van der Waals surface area contributed by atoms with E-state index in [2.05, 4.69) is 4.98 Å². The maximum atomic E-state index is 11.8. The Morgan fingerprint density at radius 3 is 2.67 bits per heavy atom. The highest BCUT2D eigenvalue weighted by molar-refractivity contribution is 5.93. The van der Waals surface area contributed by atoms with Crippen LogP contribution in [0.2, 0.25) is 0 Å². The highest BCUT2D eigenvalue weighted by Gasteiger charge is 2.17. The van der Waals surface area contributed by atoms with E-state index in [1.54, 1.807) is 12.3 Å². The summed E-state index contributed by atoms with van der Waals surface area (Å²) in [6, 6.07) is 3.50. The Hall–Kier alpha value is -1.95. The van der Waals surface area contributed by atoms with Gasteiger partial charge in [-0.05, 0) is 18.6 Å². The lowest BCUT2D eigenvalue weighted by Crippen LogP contribution is -2.36. The predicted octanol–water partition coefficient (Wildman–Crippen LogP) is 0.844. The number of pyridine rings is 1. The molecule has 0 unspecified atom stereocenters. The molecule has 1 aromatic heterocycles. The van der Waals surface area contributed by atoms with Crippen LogP contribution in [0.1, 0.15) is 12.0 Å². The number of rotatable bonds is 6. The number of aryl methyl sites for hydroxylation is 1. The monoisotopic (exact) mass is 252 g/mol. The van der Waals surface area contributed by atoms with Crippen molar-refractivity contribution in [1.29, 1.82) is 0 Å². The van der Waals surface area contributed by atoms with Crippen LogP contribution in [0.4, 0.5) is 5.82 Å². The van der Waals surface area contributed by atoms with E-state index in [-0.39, 0.29) is 25.5 Å². The van der Waals surface area contributed by atoms with Gasteiger partial charge < -0.3 is 9.84 Å². The van der Waals surface area contributed by atoms with Crippen molar-refractivity contribution in [3.05, 3.63) is 23.9 Å². The molecular weight excluding hydrogens is 236 g/mol. The van der Waals surface area contributed by atoms with Crippen molar-refractivity contribution >= 4 is 17.7 Å². The average Bonchev–Trinajstić information content (AvgIpc) is 2.31. The number of aliphatic carboxylic acids is 1. The molecule has 0 spiro atoms. The van der Waals surface area contributed by atoms with Gasteiger partial charge in [0.15, 0.2) is 0 Å². The lowest BCUT2D eigenvalue weighted by atomic mass is 10.3. The van der Waals surface area contributed by atoms with Crippen molar-refractivity contribution in [3.63, 3.8) is 0 Å². The number of carbonyl (C=O) groups is 2. The van der Waals surface area contributed by atoms with Crippen LogP contribution in [0, 0.1) is 6.92 Å². The SMILES string of the molecule is COCC(=O)N(CCC(=O)O)c1ccc(C)cn1. The second-order valence-corrected chi connectivity index (χ2v) is 3.82. The van der Waals surface area contributed by atoms with Crippen LogP contribution < -0.4 is 4.90 Å². The summed E-state index contributed by atoms with van der Waals surface area (Å²) < 4.78 is 4.77. The Bertz CT molecular complexity index is 417. The molecule has 18 heavy (non-hydrogen) atoms. The van der Waals surface area contributed by atoms with Gasteiger partial charge in [-0.3, -0.25) is 14.5 Å². The van der Waals surface area contributed by atoms with Gasteiger partial charge in [0.2, 0.25) is 0 Å². The van der Waals surface area contributed by atoms with Gasteiger partial charge in [-0.2, -0.15) is 0 Å². The van der Waals surface area contributed by atoms with Gasteiger partial charge >= 0.3 is 5.97 Å². The number of hydrogen-bond acceptors (Lipinski definition) is 4. The number of ether oxygens (including phenoxy) is 1. The number of hydrogen-bond donors (Lipinski definition) is 1. The molecule has 0 aliphatic rings. The largest absolute Gasteiger partial charge is 0.481 e. The molecule has 6 heteroatoms. The number of nitrogens with zero attached hydrogens (tertiary/aromatic N) is 2. The zero-order chi connectivity index (χ0) is 13.5. The van der Waals surface area contributed by atoms with E-state index >= 15 is 0 Å². The standard InChI is InChI=1S/C12H16N2O4/c1-9-3-4-10(13-7-9)14(6-5-12(16)17)11(15)8-18-2/h3-4,7H,5-6,8H2,1-2H3,(H,16,17). The Kier molecular flexibility index (Phi) is 5.26. The second-order valence-electron chi connectivity index (χ2n) is 3.82. The van der Waals surface area contributed by atoms with Gasteiger partial charge in [0, 0.05) is 19.9 Å². The molecule has 0 radical (unpaired) electrons. The molecule has 1 rings (SSSR count). The number of anilines is 1. The van der Waals surface area contributed by atoms with Gasteiger partial charge in [-0.25, -0.2) is 4.98 Å². The topological polar surface area (TPSA) is 79.7 Å². The normalized spacial score (nSPS) is 10.1. The van der Waals surface area contributed by atoms with Gasteiger partial charge in [-0.15, -0.1) is 0 Å². The summed E-state index contributed by atoms with van der Waals surface area (Å²) in [4.78, 5) is 27.8. The maximum Gasteiger partial charge on any atom is 0.305 e. The molecule has 0 bridgehead atoms. The molecule has 0 aliphatic heterocycles. The summed E-state index contributed by atoms with van der Waals surface area (Å²) in [5, 5.41) is 8.68. The number of carboxylic acid groups (broad SMARTS) is 1. The quantitative estimate of drug-likeness (QED) is 0.811. The van der Waals surface area contributed by atoms with Crippen LogP contribution >= 0.6 is 0 Å². The first kappa shape index (κ1) is 14.1. The fraction of sp³-hybridized carbons (Fsp3) is 0.417. The molecule has 1 N–H and O–H groups in total. The highest BCUT2D eigenvalue weighted by Crippen LogP contribution is 2.12. The number of carbonyl (C=O) groups excluding carboxylic acids is 1. The number of methoxy groups -OCH3 is 1. The van der Waals surface area contributed by atoms with E-state index in [9.17, 15) is 9.59 Å². The van der Waals surface area contributed by atoms with Crippen molar-refractivity contribution in [1.82, 2.24) is 4.98 Å². The molecule has 0 saturated carbocycles. The third kappa shape index (κ3) is 4.14. The summed E-state index contributed by atoms with van der Waals surface area (Å²) in [5.41, 5.74) is 0.969. The Morgan fingerprint density at radius 1 is 1.44 bits per heavy atom. The van der Waals surface area contributed by atoms with Gasteiger partial charge in [0.25, 0.3) is 5.91 Å². The smallest absolute Gasteiger partial charge is 0.305 e. The number of aromatic nitrogens is 1. The molecule has 1 aromatic rings. The first-order valence-corrected chi connectivity index (χ1v) is 5.48. The Morgan fingerprint density at radius 2 is 2.17 bits per heavy atom. The third-order valence-electron chi connectivity index (χ3n) is 2.29.